The number of hydrogen-bond donors (Lipinski definition) is 1. The van der Waals surface area contributed by atoms with Crippen LogP contribution in [0.4, 0.5) is 5.00 Å². The van der Waals surface area contributed by atoms with Gasteiger partial charge in [-0.05, 0) is 74.3 Å². The number of fused-ring (bicyclic) bond motifs is 1. The fraction of sp³-hybridized carbons (Fsp3) is 0.478. The molecule has 32 heavy (non-hydrogen) atoms. The maximum atomic E-state index is 12.9. The highest BCUT2D eigenvalue weighted by Gasteiger charge is 2.29. The second-order valence-electron chi connectivity index (χ2n) is 8.50. The molecule has 9 heteroatoms. The molecule has 0 saturated carbocycles. The van der Waals surface area contributed by atoms with E-state index in [1.54, 1.807) is 0 Å². The Morgan fingerprint density at radius 1 is 1.12 bits per heavy atom. The zero-order valence-electron chi connectivity index (χ0n) is 18.3. The van der Waals surface area contributed by atoms with Crippen molar-refractivity contribution in [2.75, 3.05) is 25.5 Å². The maximum absolute atomic E-state index is 12.9. The summed E-state index contributed by atoms with van der Waals surface area (Å²) in [5.41, 5.74) is 1.75. The predicted molar refractivity (Wildman–Crippen MR) is 124 cm³/mol. The van der Waals surface area contributed by atoms with E-state index in [0.29, 0.717) is 35.1 Å². The van der Waals surface area contributed by atoms with E-state index >= 15 is 0 Å². The van der Waals surface area contributed by atoms with E-state index in [1.807, 2.05) is 0 Å². The minimum absolute atomic E-state index is 0.185. The van der Waals surface area contributed by atoms with Gasteiger partial charge in [-0.3, -0.25) is 4.79 Å². The van der Waals surface area contributed by atoms with Gasteiger partial charge in [-0.25, -0.2) is 13.2 Å². The fourth-order valence-electron chi connectivity index (χ4n) is 4.44. The van der Waals surface area contributed by atoms with E-state index in [-0.39, 0.29) is 10.8 Å². The van der Waals surface area contributed by atoms with Gasteiger partial charge in [0.15, 0.2) is 0 Å². The first-order valence-corrected chi connectivity index (χ1v) is 13.2. The SMILES string of the molecule is COC(=O)c1c(NC(=O)c2ccc(S(=O)(=O)N3CCCC(C)C3)cc2)sc2c1CCCC2. The highest BCUT2D eigenvalue weighted by atomic mass is 32.2. The van der Waals surface area contributed by atoms with Crippen molar-refractivity contribution in [2.45, 2.75) is 50.3 Å². The van der Waals surface area contributed by atoms with Crippen LogP contribution < -0.4 is 5.32 Å². The van der Waals surface area contributed by atoms with Crippen LogP contribution in [0.15, 0.2) is 29.2 Å². The molecule has 1 aliphatic carbocycles. The van der Waals surface area contributed by atoms with Gasteiger partial charge in [0.25, 0.3) is 5.91 Å². The molecule has 1 aliphatic heterocycles. The highest BCUT2D eigenvalue weighted by Crippen LogP contribution is 2.38. The molecule has 2 heterocycles. The predicted octanol–water partition coefficient (Wildman–Crippen LogP) is 4.09. The third kappa shape index (κ3) is 4.46. The zero-order chi connectivity index (χ0) is 22.9. The molecular formula is C23H28N2O5S2. The summed E-state index contributed by atoms with van der Waals surface area (Å²) >= 11 is 1.42. The van der Waals surface area contributed by atoms with Crippen molar-refractivity contribution in [3.63, 3.8) is 0 Å². The monoisotopic (exact) mass is 476 g/mol. The van der Waals surface area contributed by atoms with Gasteiger partial charge in [-0.1, -0.05) is 6.92 Å². The normalized spacial score (nSPS) is 19.2. The van der Waals surface area contributed by atoms with Crippen LogP contribution in [0.1, 0.15) is 63.8 Å². The van der Waals surface area contributed by atoms with Crippen molar-refractivity contribution >= 4 is 38.2 Å². The molecule has 1 N–H and O–H groups in total. The number of sulfonamides is 1. The Hall–Kier alpha value is -2.23. The molecule has 2 aliphatic rings. The summed E-state index contributed by atoms with van der Waals surface area (Å²) in [4.78, 5) is 26.6. The lowest BCUT2D eigenvalue weighted by atomic mass is 9.95. The van der Waals surface area contributed by atoms with Crippen molar-refractivity contribution < 1.29 is 22.7 Å². The van der Waals surface area contributed by atoms with Crippen molar-refractivity contribution in [3.05, 3.63) is 45.8 Å². The quantitative estimate of drug-likeness (QED) is 0.656. The van der Waals surface area contributed by atoms with E-state index in [1.165, 1.54) is 47.0 Å². The lowest BCUT2D eigenvalue weighted by molar-refractivity contribution is 0.0601. The average molecular weight is 477 g/mol. The third-order valence-electron chi connectivity index (χ3n) is 6.16. The number of esters is 1. The number of anilines is 1. The number of methoxy groups -OCH3 is 1. The number of aryl methyl sites for hydroxylation is 1. The minimum atomic E-state index is -3.58. The van der Waals surface area contributed by atoms with E-state index < -0.39 is 16.0 Å². The smallest absolute Gasteiger partial charge is 0.341 e. The van der Waals surface area contributed by atoms with Crippen LogP contribution in [0.5, 0.6) is 0 Å². The van der Waals surface area contributed by atoms with Crippen LogP contribution in [0, 0.1) is 5.92 Å². The standard InChI is InChI=1S/C23H28N2O5S2/c1-15-6-5-13-25(14-15)32(28,29)17-11-9-16(10-12-17)21(26)24-22-20(23(27)30-2)18-7-3-4-8-19(18)31-22/h9-12,15H,3-8,13-14H2,1-2H3,(H,24,26). The first kappa shape index (κ1) is 22.9. The Kier molecular flexibility index (Phi) is 6.69. The molecule has 1 aromatic heterocycles. The Labute approximate surface area is 192 Å². The number of carbonyl (C=O) groups is 2. The van der Waals surface area contributed by atoms with Crippen LogP contribution in [-0.2, 0) is 27.6 Å². The zero-order valence-corrected chi connectivity index (χ0v) is 20.0. The number of ether oxygens (including phenoxy) is 1. The summed E-state index contributed by atoms with van der Waals surface area (Å²) in [5, 5.41) is 3.34. The molecule has 1 atom stereocenters. The molecular weight excluding hydrogens is 448 g/mol. The highest BCUT2D eigenvalue weighted by molar-refractivity contribution is 7.89. The first-order chi connectivity index (χ1) is 15.3. The summed E-state index contributed by atoms with van der Waals surface area (Å²) in [6, 6.07) is 5.98. The fourth-order valence-corrected chi connectivity index (χ4v) is 7.31. The van der Waals surface area contributed by atoms with E-state index in [4.69, 9.17) is 4.74 Å². The van der Waals surface area contributed by atoms with Gasteiger partial charge in [0.05, 0.1) is 17.6 Å². The largest absolute Gasteiger partial charge is 0.465 e. The van der Waals surface area contributed by atoms with Crippen molar-refractivity contribution in [1.82, 2.24) is 4.31 Å². The van der Waals surface area contributed by atoms with Crippen molar-refractivity contribution in [1.29, 1.82) is 0 Å². The molecule has 1 unspecified atom stereocenters. The van der Waals surface area contributed by atoms with Crippen molar-refractivity contribution in [2.24, 2.45) is 5.92 Å². The molecule has 2 aromatic rings. The van der Waals surface area contributed by atoms with Gasteiger partial charge in [0.2, 0.25) is 10.0 Å². The molecule has 1 amide bonds. The molecule has 1 saturated heterocycles. The lowest BCUT2D eigenvalue weighted by Crippen LogP contribution is -2.39. The van der Waals surface area contributed by atoms with Gasteiger partial charge in [0, 0.05) is 23.5 Å². The van der Waals surface area contributed by atoms with Crippen LogP contribution in [-0.4, -0.2) is 44.8 Å². The van der Waals surface area contributed by atoms with Crippen molar-refractivity contribution in [3.8, 4) is 0 Å². The molecule has 0 radical (unpaired) electrons. The molecule has 1 fully saturated rings. The molecule has 0 bridgehead atoms. The number of amides is 1. The van der Waals surface area contributed by atoms with E-state index in [0.717, 1.165) is 49.0 Å². The molecule has 1 aromatic carbocycles. The molecule has 0 spiro atoms. The number of thiophene rings is 1. The topological polar surface area (TPSA) is 92.8 Å². The summed E-state index contributed by atoms with van der Waals surface area (Å²) in [6.07, 6.45) is 5.65. The summed E-state index contributed by atoms with van der Waals surface area (Å²) in [5.74, 6) is -0.495. The molecule has 7 nitrogen and oxygen atoms in total. The van der Waals surface area contributed by atoms with Gasteiger partial charge >= 0.3 is 5.97 Å². The first-order valence-electron chi connectivity index (χ1n) is 11.0. The minimum Gasteiger partial charge on any atom is -0.465 e. The summed E-state index contributed by atoms with van der Waals surface area (Å²) < 4.78 is 32.4. The van der Waals surface area contributed by atoms with Crippen LogP contribution in [0.2, 0.25) is 0 Å². The number of nitrogens with one attached hydrogen (secondary N) is 1. The number of rotatable bonds is 5. The second kappa shape index (κ2) is 9.33. The molecule has 172 valence electrons. The Balaban J connectivity index is 1.54. The second-order valence-corrected chi connectivity index (χ2v) is 11.5. The number of benzene rings is 1. The lowest BCUT2D eigenvalue weighted by Gasteiger charge is -2.30. The number of hydrogen-bond acceptors (Lipinski definition) is 6. The maximum Gasteiger partial charge on any atom is 0.341 e. The average Bonchev–Trinajstić information content (AvgIpc) is 3.16. The van der Waals surface area contributed by atoms with Gasteiger partial charge in [-0.15, -0.1) is 11.3 Å². The number of carbonyl (C=O) groups excluding carboxylic acids is 2. The Bertz CT molecular complexity index is 1120. The van der Waals surface area contributed by atoms with E-state index in [9.17, 15) is 18.0 Å². The van der Waals surface area contributed by atoms with Crippen LogP contribution in [0.3, 0.4) is 0 Å². The van der Waals surface area contributed by atoms with Gasteiger partial charge in [-0.2, -0.15) is 4.31 Å². The van der Waals surface area contributed by atoms with Crippen LogP contribution in [0.25, 0.3) is 0 Å². The van der Waals surface area contributed by atoms with Gasteiger partial charge < -0.3 is 10.1 Å². The summed E-state index contributed by atoms with van der Waals surface area (Å²) in [7, 11) is -2.24. The Morgan fingerprint density at radius 2 is 1.84 bits per heavy atom. The number of nitrogens with zero attached hydrogens (tertiary/aromatic N) is 1. The summed E-state index contributed by atoms with van der Waals surface area (Å²) in [6.45, 7) is 3.10. The Morgan fingerprint density at radius 3 is 2.53 bits per heavy atom. The third-order valence-corrected chi connectivity index (χ3v) is 9.25. The van der Waals surface area contributed by atoms with Gasteiger partial charge in [0.1, 0.15) is 5.00 Å². The van der Waals surface area contributed by atoms with E-state index in [2.05, 4.69) is 12.2 Å². The molecule has 4 rings (SSSR count). The van der Waals surface area contributed by atoms with Crippen LogP contribution >= 0.6 is 11.3 Å². The number of piperidine rings is 1.